The van der Waals surface area contributed by atoms with Gasteiger partial charge in [0.1, 0.15) is 5.60 Å². The molecule has 2 rings (SSSR count). The fraction of sp³-hybridized carbons (Fsp3) is 0.333. The molecule has 1 heterocycles. The van der Waals surface area contributed by atoms with Gasteiger partial charge in [0.15, 0.2) is 0 Å². The molecule has 2 amide bonds. The van der Waals surface area contributed by atoms with Crippen LogP contribution in [0.5, 0.6) is 0 Å². The predicted octanol–water partition coefficient (Wildman–Crippen LogP) is 4.60. The third-order valence-corrected chi connectivity index (χ3v) is 4.46. The molecule has 0 aliphatic heterocycles. The highest BCUT2D eigenvalue weighted by atomic mass is 32.1. The van der Waals surface area contributed by atoms with Crippen molar-refractivity contribution in [1.29, 1.82) is 0 Å². The van der Waals surface area contributed by atoms with E-state index in [4.69, 9.17) is 4.74 Å². The molecule has 0 aliphatic carbocycles. The van der Waals surface area contributed by atoms with E-state index in [1.165, 1.54) is 0 Å². The lowest BCUT2D eigenvalue weighted by Gasteiger charge is -2.21. The van der Waals surface area contributed by atoms with E-state index in [-0.39, 0.29) is 5.91 Å². The monoisotopic (exact) mass is 386 g/mol. The summed E-state index contributed by atoms with van der Waals surface area (Å²) < 4.78 is 5.21. The van der Waals surface area contributed by atoms with Crippen LogP contribution < -0.4 is 5.32 Å². The van der Waals surface area contributed by atoms with Crippen LogP contribution in [0.1, 0.15) is 41.6 Å². The summed E-state index contributed by atoms with van der Waals surface area (Å²) in [5.41, 5.74) is 0.970. The lowest BCUT2D eigenvalue weighted by Crippen LogP contribution is -2.32. The maximum atomic E-state index is 12.8. The Labute approximate surface area is 164 Å². The molecule has 0 unspecified atom stereocenters. The molecule has 0 saturated carbocycles. The summed E-state index contributed by atoms with van der Waals surface area (Å²) in [5.74, 6) is -0.0463. The SMILES string of the molecule is C=CCN(Cc1cccs1)C(=O)c1ccc(CNC(=O)OC(C)(C)C)cc1. The Morgan fingerprint density at radius 3 is 2.48 bits per heavy atom. The highest BCUT2D eigenvalue weighted by molar-refractivity contribution is 7.09. The molecule has 1 aromatic carbocycles. The summed E-state index contributed by atoms with van der Waals surface area (Å²) in [6.45, 7) is 10.6. The van der Waals surface area contributed by atoms with Crippen molar-refractivity contribution in [2.24, 2.45) is 0 Å². The van der Waals surface area contributed by atoms with E-state index < -0.39 is 11.7 Å². The second kappa shape index (κ2) is 9.37. The van der Waals surface area contributed by atoms with E-state index in [0.717, 1.165) is 10.4 Å². The molecule has 0 spiro atoms. The Morgan fingerprint density at radius 1 is 1.22 bits per heavy atom. The standard InChI is InChI=1S/C21H26N2O3S/c1-5-12-23(15-18-7-6-13-27-18)19(24)17-10-8-16(9-11-17)14-22-20(25)26-21(2,3)4/h5-11,13H,1,12,14-15H2,2-4H3,(H,22,25). The maximum absolute atomic E-state index is 12.8. The number of alkyl carbamates (subject to hydrolysis) is 1. The highest BCUT2D eigenvalue weighted by Gasteiger charge is 2.17. The van der Waals surface area contributed by atoms with Gasteiger partial charge in [-0.2, -0.15) is 0 Å². The van der Waals surface area contributed by atoms with Gasteiger partial charge in [0.05, 0.1) is 6.54 Å². The summed E-state index contributed by atoms with van der Waals surface area (Å²) in [6, 6.07) is 11.2. The number of amides is 2. The van der Waals surface area contributed by atoms with E-state index in [9.17, 15) is 9.59 Å². The van der Waals surface area contributed by atoms with Crippen LogP contribution in [0.15, 0.2) is 54.4 Å². The Balaban J connectivity index is 1.97. The molecule has 1 aromatic heterocycles. The van der Waals surface area contributed by atoms with Gasteiger partial charge in [-0.05, 0) is 49.9 Å². The van der Waals surface area contributed by atoms with Crippen LogP contribution in [-0.2, 0) is 17.8 Å². The third-order valence-electron chi connectivity index (χ3n) is 3.60. The summed E-state index contributed by atoms with van der Waals surface area (Å²) in [7, 11) is 0. The molecule has 27 heavy (non-hydrogen) atoms. The summed E-state index contributed by atoms with van der Waals surface area (Å²) >= 11 is 1.62. The molecule has 6 heteroatoms. The summed E-state index contributed by atoms with van der Waals surface area (Å²) in [5, 5.41) is 4.71. The van der Waals surface area contributed by atoms with E-state index in [2.05, 4.69) is 11.9 Å². The molecule has 5 nitrogen and oxygen atoms in total. The average molecular weight is 387 g/mol. The van der Waals surface area contributed by atoms with Gasteiger partial charge in [0, 0.05) is 23.5 Å². The molecule has 144 valence electrons. The topological polar surface area (TPSA) is 58.6 Å². The summed E-state index contributed by atoms with van der Waals surface area (Å²) in [4.78, 5) is 27.4. The second-order valence-corrected chi connectivity index (χ2v) is 8.14. The van der Waals surface area contributed by atoms with Crippen LogP contribution in [0.2, 0.25) is 0 Å². The van der Waals surface area contributed by atoms with E-state index in [1.807, 2.05) is 50.4 Å². The molecule has 0 bridgehead atoms. The number of nitrogens with zero attached hydrogens (tertiary/aromatic N) is 1. The number of hydrogen-bond acceptors (Lipinski definition) is 4. The lowest BCUT2D eigenvalue weighted by molar-refractivity contribution is 0.0523. The number of rotatable bonds is 7. The molecule has 2 aromatic rings. The van der Waals surface area contributed by atoms with Gasteiger partial charge in [-0.25, -0.2) is 4.79 Å². The lowest BCUT2D eigenvalue weighted by atomic mass is 10.1. The molecule has 0 atom stereocenters. The first kappa shape index (κ1) is 20.7. The quantitative estimate of drug-likeness (QED) is 0.708. The minimum absolute atomic E-state index is 0.0463. The summed E-state index contributed by atoms with van der Waals surface area (Å²) in [6.07, 6.45) is 1.26. The van der Waals surface area contributed by atoms with Gasteiger partial charge in [-0.3, -0.25) is 4.79 Å². The van der Waals surface area contributed by atoms with Crippen molar-refractivity contribution >= 4 is 23.3 Å². The number of thiophene rings is 1. The Kier molecular flexibility index (Phi) is 7.19. The zero-order valence-electron chi connectivity index (χ0n) is 16.0. The highest BCUT2D eigenvalue weighted by Crippen LogP contribution is 2.15. The van der Waals surface area contributed by atoms with Gasteiger partial charge in [0.25, 0.3) is 5.91 Å². The zero-order chi connectivity index (χ0) is 19.9. The minimum atomic E-state index is -0.530. The molecular formula is C21H26N2O3S. The number of hydrogen-bond donors (Lipinski definition) is 1. The van der Waals surface area contributed by atoms with Crippen molar-refractivity contribution in [3.63, 3.8) is 0 Å². The van der Waals surface area contributed by atoms with E-state index >= 15 is 0 Å². The fourth-order valence-corrected chi connectivity index (χ4v) is 3.12. The number of nitrogens with one attached hydrogen (secondary N) is 1. The van der Waals surface area contributed by atoms with Crippen molar-refractivity contribution in [2.75, 3.05) is 6.54 Å². The maximum Gasteiger partial charge on any atom is 0.407 e. The molecule has 0 radical (unpaired) electrons. The van der Waals surface area contributed by atoms with Gasteiger partial charge in [-0.15, -0.1) is 17.9 Å². The van der Waals surface area contributed by atoms with Gasteiger partial charge in [-0.1, -0.05) is 24.3 Å². The van der Waals surface area contributed by atoms with Crippen LogP contribution in [0.25, 0.3) is 0 Å². The Hall–Kier alpha value is -2.60. The molecule has 0 saturated heterocycles. The van der Waals surface area contributed by atoms with Crippen molar-refractivity contribution in [3.05, 3.63) is 70.4 Å². The van der Waals surface area contributed by atoms with Gasteiger partial charge in [0.2, 0.25) is 0 Å². The number of carbonyl (C=O) groups is 2. The first-order chi connectivity index (χ1) is 12.8. The minimum Gasteiger partial charge on any atom is -0.444 e. The van der Waals surface area contributed by atoms with Crippen LogP contribution in [0, 0.1) is 0 Å². The molecule has 1 N–H and O–H groups in total. The average Bonchev–Trinajstić information content (AvgIpc) is 3.11. The van der Waals surface area contributed by atoms with Crippen LogP contribution in [0.4, 0.5) is 4.79 Å². The molecular weight excluding hydrogens is 360 g/mol. The van der Waals surface area contributed by atoms with Crippen LogP contribution in [-0.4, -0.2) is 29.0 Å². The predicted molar refractivity (Wildman–Crippen MR) is 109 cm³/mol. The van der Waals surface area contributed by atoms with Crippen molar-refractivity contribution in [3.8, 4) is 0 Å². The second-order valence-electron chi connectivity index (χ2n) is 7.11. The number of benzene rings is 1. The number of ether oxygens (including phenoxy) is 1. The van der Waals surface area contributed by atoms with Gasteiger partial charge >= 0.3 is 6.09 Å². The number of carbonyl (C=O) groups excluding carboxylic acids is 2. The van der Waals surface area contributed by atoms with Crippen molar-refractivity contribution in [2.45, 2.75) is 39.5 Å². The van der Waals surface area contributed by atoms with Crippen molar-refractivity contribution < 1.29 is 14.3 Å². The fourth-order valence-electron chi connectivity index (χ4n) is 2.40. The first-order valence-electron chi connectivity index (χ1n) is 8.77. The third kappa shape index (κ3) is 6.90. The zero-order valence-corrected chi connectivity index (χ0v) is 16.8. The van der Waals surface area contributed by atoms with Crippen LogP contribution in [0.3, 0.4) is 0 Å². The molecule has 0 aliphatic rings. The largest absolute Gasteiger partial charge is 0.444 e. The van der Waals surface area contributed by atoms with Crippen molar-refractivity contribution in [1.82, 2.24) is 10.2 Å². The normalized spacial score (nSPS) is 10.9. The smallest absolute Gasteiger partial charge is 0.407 e. The van der Waals surface area contributed by atoms with E-state index in [0.29, 0.717) is 25.2 Å². The van der Waals surface area contributed by atoms with E-state index in [1.54, 1.807) is 34.4 Å². The first-order valence-corrected chi connectivity index (χ1v) is 9.65. The molecule has 0 fully saturated rings. The van der Waals surface area contributed by atoms with Gasteiger partial charge < -0.3 is 15.0 Å². The Bertz CT molecular complexity index is 762. The Morgan fingerprint density at radius 2 is 1.93 bits per heavy atom. The van der Waals surface area contributed by atoms with Crippen LogP contribution >= 0.6 is 11.3 Å².